The Balaban J connectivity index is 3.61. The van der Waals surface area contributed by atoms with Gasteiger partial charge in [0.15, 0.2) is 0 Å². The molecule has 0 aliphatic carbocycles. The Morgan fingerprint density at radius 3 is 1.47 bits per heavy atom. The standard InChI is InChI=1S/C13H22N2O2/c1-10(12(14)16)8-6-4-3-5-7-9-11(2)13(15)17/h8-9H,3-7H2,1-2H3,(H2,14,16)(H2,15,17)/b10-8+,11-9+. The van der Waals surface area contributed by atoms with Crippen LogP contribution in [0.3, 0.4) is 0 Å². The van der Waals surface area contributed by atoms with Crippen LogP contribution in [-0.2, 0) is 9.59 Å². The van der Waals surface area contributed by atoms with Crippen LogP contribution in [0, 0.1) is 0 Å². The summed E-state index contributed by atoms with van der Waals surface area (Å²) in [5.74, 6) is -0.713. The molecule has 96 valence electrons. The summed E-state index contributed by atoms with van der Waals surface area (Å²) in [5, 5.41) is 0. The van der Waals surface area contributed by atoms with E-state index < -0.39 is 0 Å². The van der Waals surface area contributed by atoms with Gasteiger partial charge in [-0.15, -0.1) is 0 Å². The van der Waals surface area contributed by atoms with Crippen molar-refractivity contribution in [3.05, 3.63) is 23.3 Å². The minimum Gasteiger partial charge on any atom is -0.366 e. The third kappa shape index (κ3) is 8.25. The van der Waals surface area contributed by atoms with E-state index in [-0.39, 0.29) is 11.8 Å². The Labute approximate surface area is 103 Å². The van der Waals surface area contributed by atoms with Crippen LogP contribution < -0.4 is 11.5 Å². The zero-order valence-corrected chi connectivity index (χ0v) is 10.7. The molecular formula is C13H22N2O2. The van der Waals surface area contributed by atoms with Gasteiger partial charge in [-0.05, 0) is 39.5 Å². The summed E-state index contributed by atoms with van der Waals surface area (Å²) in [6.07, 6.45) is 8.58. The van der Waals surface area contributed by atoms with Crippen LogP contribution in [-0.4, -0.2) is 11.8 Å². The number of amides is 2. The first-order valence-electron chi connectivity index (χ1n) is 5.88. The van der Waals surface area contributed by atoms with Crippen LogP contribution >= 0.6 is 0 Å². The zero-order valence-electron chi connectivity index (χ0n) is 10.7. The summed E-state index contributed by atoms with van der Waals surface area (Å²) in [6.45, 7) is 3.45. The molecule has 4 nitrogen and oxygen atoms in total. The Hall–Kier alpha value is -1.58. The SMILES string of the molecule is C/C(=C\CCCCC/C=C(\C)C(N)=O)C(N)=O. The molecule has 17 heavy (non-hydrogen) atoms. The van der Waals surface area contributed by atoms with Crippen LogP contribution in [0.4, 0.5) is 0 Å². The van der Waals surface area contributed by atoms with Gasteiger partial charge in [-0.2, -0.15) is 0 Å². The summed E-state index contributed by atoms with van der Waals surface area (Å²) in [7, 11) is 0. The molecule has 0 aliphatic rings. The molecule has 0 aliphatic heterocycles. The number of hydrogen-bond acceptors (Lipinski definition) is 2. The van der Waals surface area contributed by atoms with E-state index in [2.05, 4.69) is 0 Å². The molecule has 0 aromatic rings. The van der Waals surface area contributed by atoms with Crippen LogP contribution in [0.15, 0.2) is 23.3 Å². The van der Waals surface area contributed by atoms with E-state index in [9.17, 15) is 9.59 Å². The lowest BCUT2D eigenvalue weighted by Gasteiger charge is -1.98. The smallest absolute Gasteiger partial charge is 0.244 e. The fraction of sp³-hybridized carbons (Fsp3) is 0.538. The van der Waals surface area contributed by atoms with Gasteiger partial charge < -0.3 is 11.5 Å². The van der Waals surface area contributed by atoms with Crippen LogP contribution in [0.1, 0.15) is 46.0 Å². The van der Waals surface area contributed by atoms with Gasteiger partial charge in [0.25, 0.3) is 0 Å². The summed E-state index contributed by atoms with van der Waals surface area (Å²) in [5.41, 5.74) is 11.4. The van der Waals surface area contributed by atoms with Crippen molar-refractivity contribution in [2.24, 2.45) is 11.5 Å². The highest BCUT2D eigenvalue weighted by molar-refractivity contribution is 5.91. The maximum absolute atomic E-state index is 10.7. The average Bonchev–Trinajstić information content (AvgIpc) is 2.26. The number of carbonyl (C=O) groups excluding carboxylic acids is 2. The number of hydrogen-bond donors (Lipinski definition) is 2. The number of nitrogens with two attached hydrogens (primary N) is 2. The lowest BCUT2D eigenvalue weighted by molar-refractivity contribution is -0.115. The van der Waals surface area contributed by atoms with Gasteiger partial charge in [-0.1, -0.05) is 18.6 Å². The number of unbranched alkanes of at least 4 members (excludes halogenated alkanes) is 4. The summed E-state index contributed by atoms with van der Waals surface area (Å²) >= 11 is 0. The Bertz CT molecular complexity index is 298. The molecule has 0 heterocycles. The molecule has 0 saturated carbocycles. The second kappa shape index (κ2) is 8.56. The number of carbonyl (C=O) groups is 2. The first kappa shape index (κ1) is 15.4. The highest BCUT2D eigenvalue weighted by Crippen LogP contribution is 2.07. The quantitative estimate of drug-likeness (QED) is 0.499. The molecule has 0 rings (SSSR count). The summed E-state index contributed by atoms with van der Waals surface area (Å²) < 4.78 is 0. The number of primary amides is 2. The minimum atomic E-state index is -0.356. The molecule has 0 atom stereocenters. The van der Waals surface area contributed by atoms with Gasteiger partial charge in [0.2, 0.25) is 11.8 Å². The Morgan fingerprint density at radius 2 is 1.18 bits per heavy atom. The summed E-state index contributed by atoms with van der Waals surface area (Å²) in [4.78, 5) is 21.4. The van der Waals surface area contributed by atoms with Crippen molar-refractivity contribution in [2.45, 2.75) is 46.0 Å². The van der Waals surface area contributed by atoms with Gasteiger partial charge in [-0.25, -0.2) is 0 Å². The fourth-order valence-electron chi connectivity index (χ4n) is 1.30. The lowest BCUT2D eigenvalue weighted by Crippen LogP contribution is -2.11. The van der Waals surface area contributed by atoms with E-state index in [1.165, 1.54) is 0 Å². The zero-order chi connectivity index (χ0) is 13.3. The van der Waals surface area contributed by atoms with Crippen molar-refractivity contribution in [1.29, 1.82) is 0 Å². The van der Waals surface area contributed by atoms with Crippen molar-refractivity contribution >= 4 is 11.8 Å². The molecular weight excluding hydrogens is 216 g/mol. The average molecular weight is 238 g/mol. The fourth-order valence-corrected chi connectivity index (χ4v) is 1.30. The Kier molecular flexibility index (Phi) is 7.76. The van der Waals surface area contributed by atoms with Gasteiger partial charge in [0.1, 0.15) is 0 Å². The third-order valence-electron chi connectivity index (χ3n) is 2.59. The molecule has 4 heteroatoms. The monoisotopic (exact) mass is 238 g/mol. The van der Waals surface area contributed by atoms with E-state index in [1.54, 1.807) is 13.8 Å². The second-order valence-corrected chi connectivity index (χ2v) is 4.14. The maximum Gasteiger partial charge on any atom is 0.244 e. The van der Waals surface area contributed by atoms with Crippen molar-refractivity contribution in [1.82, 2.24) is 0 Å². The Morgan fingerprint density at radius 1 is 0.824 bits per heavy atom. The van der Waals surface area contributed by atoms with E-state index >= 15 is 0 Å². The van der Waals surface area contributed by atoms with E-state index in [0.29, 0.717) is 11.1 Å². The largest absolute Gasteiger partial charge is 0.366 e. The molecule has 0 aromatic carbocycles. The summed E-state index contributed by atoms with van der Waals surface area (Å²) in [6, 6.07) is 0. The molecule has 0 aromatic heterocycles. The molecule has 0 unspecified atom stereocenters. The normalized spacial score (nSPS) is 12.6. The molecule has 0 spiro atoms. The minimum absolute atomic E-state index is 0.356. The molecule has 0 fully saturated rings. The highest BCUT2D eigenvalue weighted by Gasteiger charge is 1.96. The van der Waals surface area contributed by atoms with Gasteiger partial charge >= 0.3 is 0 Å². The van der Waals surface area contributed by atoms with Crippen LogP contribution in [0.25, 0.3) is 0 Å². The van der Waals surface area contributed by atoms with E-state index in [0.717, 1.165) is 32.1 Å². The molecule has 2 amide bonds. The van der Waals surface area contributed by atoms with Gasteiger partial charge in [0, 0.05) is 11.1 Å². The molecule has 4 N–H and O–H groups in total. The highest BCUT2D eigenvalue weighted by atomic mass is 16.1. The predicted molar refractivity (Wildman–Crippen MR) is 69.0 cm³/mol. The second-order valence-electron chi connectivity index (χ2n) is 4.14. The molecule has 0 bridgehead atoms. The van der Waals surface area contributed by atoms with Crippen LogP contribution in [0.2, 0.25) is 0 Å². The van der Waals surface area contributed by atoms with Crippen molar-refractivity contribution in [3.8, 4) is 0 Å². The first-order valence-corrected chi connectivity index (χ1v) is 5.88. The van der Waals surface area contributed by atoms with Crippen LogP contribution in [0.5, 0.6) is 0 Å². The number of rotatable bonds is 8. The molecule has 0 saturated heterocycles. The lowest BCUT2D eigenvalue weighted by atomic mass is 10.1. The van der Waals surface area contributed by atoms with Crippen molar-refractivity contribution in [3.63, 3.8) is 0 Å². The van der Waals surface area contributed by atoms with E-state index in [4.69, 9.17) is 11.5 Å². The number of allylic oxidation sites excluding steroid dienone is 2. The van der Waals surface area contributed by atoms with Gasteiger partial charge in [0.05, 0.1) is 0 Å². The van der Waals surface area contributed by atoms with E-state index in [1.807, 2.05) is 12.2 Å². The predicted octanol–water partition coefficient (Wildman–Crippen LogP) is 1.80. The maximum atomic E-state index is 10.7. The van der Waals surface area contributed by atoms with Crippen molar-refractivity contribution < 1.29 is 9.59 Å². The topological polar surface area (TPSA) is 86.2 Å². The molecule has 0 radical (unpaired) electrons. The first-order chi connectivity index (χ1) is 7.95. The third-order valence-corrected chi connectivity index (χ3v) is 2.59. The van der Waals surface area contributed by atoms with Gasteiger partial charge in [-0.3, -0.25) is 9.59 Å². The van der Waals surface area contributed by atoms with Crippen molar-refractivity contribution in [2.75, 3.05) is 0 Å².